The maximum Gasteiger partial charge on any atom is 0.103 e. The number of ether oxygens (including phenoxy) is 2. The molecule has 0 heterocycles. The zero-order chi connectivity index (χ0) is 8.41. The number of aliphatic hydroxyl groups excluding tert-OH is 1. The molecule has 1 atom stereocenters. The fraction of sp³-hybridized carbons (Fsp3) is 1.00. The highest BCUT2D eigenvalue weighted by Gasteiger charge is 2.01. The number of methoxy groups -OCH3 is 2. The molecule has 64 valence electrons. The number of rotatable bonds is 4. The van der Waals surface area contributed by atoms with E-state index in [0.717, 1.165) is 0 Å². The van der Waals surface area contributed by atoms with Crippen molar-refractivity contribution in [1.29, 1.82) is 0 Å². The standard InChI is InChI=1S/C5H12O3.C2H6/c1-7-4-5(3-6)8-2;1-2/h5-6H,3-4H2,1-2H3;1-2H3. The van der Waals surface area contributed by atoms with E-state index in [2.05, 4.69) is 0 Å². The van der Waals surface area contributed by atoms with E-state index in [0.29, 0.717) is 6.61 Å². The van der Waals surface area contributed by atoms with E-state index < -0.39 is 0 Å². The molecule has 0 saturated heterocycles. The van der Waals surface area contributed by atoms with E-state index in [4.69, 9.17) is 14.6 Å². The van der Waals surface area contributed by atoms with Crippen LogP contribution in [0.3, 0.4) is 0 Å². The van der Waals surface area contributed by atoms with Gasteiger partial charge in [0, 0.05) is 14.2 Å². The summed E-state index contributed by atoms with van der Waals surface area (Å²) in [5, 5.41) is 8.45. The van der Waals surface area contributed by atoms with Gasteiger partial charge in [0.1, 0.15) is 6.10 Å². The van der Waals surface area contributed by atoms with Crippen molar-refractivity contribution in [3.63, 3.8) is 0 Å². The van der Waals surface area contributed by atoms with Crippen LogP contribution in [-0.4, -0.2) is 38.6 Å². The summed E-state index contributed by atoms with van der Waals surface area (Å²) in [5.74, 6) is 0. The van der Waals surface area contributed by atoms with Gasteiger partial charge in [0.05, 0.1) is 13.2 Å². The lowest BCUT2D eigenvalue weighted by Crippen LogP contribution is -2.21. The molecule has 0 aliphatic heterocycles. The van der Waals surface area contributed by atoms with Gasteiger partial charge in [-0.3, -0.25) is 0 Å². The number of hydrogen-bond donors (Lipinski definition) is 1. The van der Waals surface area contributed by atoms with Gasteiger partial charge in [0.25, 0.3) is 0 Å². The summed E-state index contributed by atoms with van der Waals surface area (Å²) in [6, 6.07) is 0. The largest absolute Gasteiger partial charge is 0.394 e. The molecule has 1 unspecified atom stereocenters. The van der Waals surface area contributed by atoms with Gasteiger partial charge in [0.15, 0.2) is 0 Å². The average Bonchev–Trinajstić information content (AvgIpc) is 2.04. The lowest BCUT2D eigenvalue weighted by molar-refractivity contribution is -0.00534. The van der Waals surface area contributed by atoms with Crippen LogP contribution in [0.15, 0.2) is 0 Å². The van der Waals surface area contributed by atoms with Crippen LogP contribution in [0.2, 0.25) is 0 Å². The second kappa shape index (κ2) is 11.6. The Morgan fingerprint density at radius 2 is 1.80 bits per heavy atom. The lowest BCUT2D eigenvalue weighted by atomic mass is 10.4. The maximum atomic E-state index is 8.45. The molecule has 3 heteroatoms. The highest BCUT2D eigenvalue weighted by atomic mass is 16.5. The third-order valence-corrected chi connectivity index (χ3v) is 0.890. The number of aliphatic hydroxyl groups is 1. The SMILES string of the molecule is CC.COCC(CO)OC. The van der Waals surface area contributed by atoms with Crippen LogP contribution in [-0.2, 0) is 9.47 Å². The molecule has 0 fully saturated rings. The molecule has 3 nitrogen and oxygen atoms in total. The Morgan fingerprint density at radius 3 is 1.90 bits per heavy atom. The van der Waals surface area contributed by atoms with Gasteiger partial charge in [-0.15, -0.1) is 0 Å². The van der Waals surface area contributed by atoms with Crippen molar-refractivity contribution in [1.82, 2.24) is 0 Å². The minimum Gasteiger partial charge on any atom is -0.394 e. The molecule has 0 aliphatic rings. The van der Waals surface area contributed by atoms with Crippen LogP contribution in [0.1, 0.15) is 13.8 Å². The van der Waals surface area contributed by atoms with Gasteiger partial charge in [-0.05, 0) is 0 Å². The Hall–Kier alpha value is -0.120. The molecule has 0 amide bonds. The lowest BCUT2D eigenvalue weighted by Gasteiger charge is -2.08. The summed E-state index contributed by atoms with van der Waals surface area (Å²) in [7, 11) is 3.11. The first-order chi connectivity index (χ1) is 4.85. The smallest absolute Gasteiger partial charge is 0.103 e. The molecule has 0 saturated carbocycles. The molecule has 0 radical (unpaired) electrons. The van der Waals surface area contributed by atoms with Crippen molar-refractivity contribution < 1.29 is 14.6 Å². The second-order valence-corrected chi connectivity index (χ2v) is 1.50. The zero-order valence-corrected chi connectivity index (χ0v) is 7.26. The third-order valence-electron chi connectivity index (χ3n) is 0.890. The summed E-state index contributed by atoms with van der Waals surface area (Å²) >= 11 is 0. The van der Waals surface area contributed by atoms with Gasteiger partial charge >= 0.3 is 0 Å². The summed E-state index contributed by atoms with van der Waals surface area (Å²) in [6.45, 7) is 4.47. The van der Waals surface area contributed by atoms with E-state index in [-0.39, 0.29) is 12.7 Å². The van der Waals surface area contributed by atoms with Crippen molar-refractivity contribution in [3.8, 4) is 0 Å². The van der Waals surface area contributed by atoms with Crippen LogP contribution in [0.4, 0.5) is 0 Å². The van der Waals surface area contributed by atoms with Gasteiger partial charge in [0.2, 0.25) is 0 Å². The van der Waals surface area contributed by atoms with Crippen LogP contribution in [0, 0.1) is 0 Å². The van der Waals surface area contributed by atoms with Gasteiger partial charge in [-0.2, -0.15) is 0 Å². The molecule has 10 heavy (non-hydrogen) atoms. The summed E-state index contributed by atoms with van der Waals surface area (Å²) < 4.78 is 9.47. The summed E-state index contributed by atoms with van der Waals surface area (Å²) in [5.41, 5.74) is 0. The topological polar surface area (TPSA) is 38.7 Å². The highest BCUT2D eigenvalue weighted by molar-refractivity contribution is 4.49. The molecule has 0 bridgehead atoms. The molecular weight excluding hydrogens is 132 g/mol. The maximum absolute atomic E-state index is 8.45. The first kappa shape index (κ1) is 12.5. The van der Waals surface area contributed by atoms with E-state index in [1.165, 1.54) is 0 Å². The molecule has 0 aromatic rings. The summed E-state index contributed by atoms with van der Waals surface area (Å²) in [6.07, 6.45) is -0.167. The van der Waals surface area contributed by atoms with Gasteiger partial charge in [-0.25, -0.2) is 0 Å². The van der Waals surface area contributed by atoms with E-state index in [9.17, 15) is 0 Å². The first-order valence-electron chi connectivity index (χ1n) is 3.47. The molecular formula is C7H18O3. The van der Waals surface area contributed by atoms with E-state index in [1.807, 2.05) is 13.8 Å². The molecule has 0 aromatic heterocycles. The Balaban J connectivity index is 0. The Morgan fingerprint density at radius 1 is 1.30 bits per heavy atom. The van der Waals surface area contributed by atoms with Crippen LogP contribution >= 0.6 is 0 Å². The predicted octanol–water partition coefficient (Wildman–Crippen LogP) is 0.666. The Labute approximate surface area is 63.0 Å². The quantitative estimate of drug-likeness (QED) is 0.640. The second-order valence-electron chi connectivity index (χ2n) is 1.50. The van der Waals surface area contributed by atoms with Crippen LogP contribution in [0.5, 0.6) is 0 Å². The molecule has 0 aromatic carbocycles. The number of hydrogen-bond acceptors (Lipinski definition) is 3. The van der Waals surface area contributed by atoms with Gasteiger partial charge in [-0.1, -0.05) is 13.8 Å². The van der Waals surface area contributed by atoms with Crippen molar-refractivity contribution in [2.24, 2.45) is 0 Å². The van der Waals surface area contributed by atoms with Crippen LogP contribution in [0.25, 0.3) is 0 Å². The van der Waals surface area contributed by atoms with E-state index in [1.54, 1.807) is 14.2 Å². The molecule has 0 spiro atoms. The Bertz CT molecular complexity index is 44.1. The fourth-order valence-corrected chi connectivity index (χ4v) is 0.381. The first-order valence-corrected chi connectivity index (χ1v) is 3.47. The molecule has 0 rings (SSSR count). The Kier molecular flexibility index (Phi) is 14.6. The summed E-state index contributed by atoms with van der Waals surface area (Å²) in [4.78, 5) is 0. The van der Waals surface area contributed by atoms with Crippen LogP contribution < -0.4 is 0 Å². The highest BCUT2D eigenvalue weighted by Crippen LogP contribution is 1.86. The minimum absolute atomic E-state index is 0.0182. The zero-order valence-electron chi connectivity index (χ0n) is 7.26. The van der Waals surface area contributed by atoms with Crippen molar-refractivity contribution in [3.05, 3.63) is 0 Å². The van der Waals surface area contributed by atoms with Crippen molar-refractivity contribution >= 4 is 0 Å². The predicted molar refractivity (Wildman–Crippen MR) is 41.1 cm³/mol. The monoisotopic (exact) mass is 150 g/mol. The molecule has 0 aliphatic carbocycles. The normalized spacial score (nSPS) is 11.7. The third kappa shape index (κ3) is 7.88. The molecule has 1 N–H and O–H groups in total. The van der Waals surface area contributed by atoms with Crippen molar-refractivity contribution in [2.75, 3.05) is 27.4 Å². The fourth-order valence-electron chi connectivity index (χ4n) is 0.381. The van der Waals surface area contributed by atoms with E-state index >= 15 is 0 Å². The minimum atomic E-state index is -0.167. The van der Waals surface area contributed by atoms with Crippen molar-refractivity contribution in [2.45, 2.75) is 20.0 Å². The van der Waals surface area contributed by atoms with Gasteiger partial charge < -0.3 is 14.6 Å². The average molecular weight is 150 g/mol.